The molecule has 0 saturated heterocycles. The van der Waals surface area contributed by atoms with Crippen molar-refractivity contribution in [3.63, 3.8) is 0 Å². The van der Waals surface area contributed by atoms with Gasteiger partial charge in [0.2, 0.25) is 5.76 Å². The van der Waals surface area contributed by atoms with Crippen molar-refractivity contribution < 1.29 is 29.6 Å². The van der Waals surface area contributed by atoms with Crippen molar-refractivity contribution >= 4 is 5.97 Å². The molecule has 0 amide bonds. The molecule has 0 aliphatic carbocycles. The molecule has 0 spiro atoms. The number of aliphatic hydroxyl groups excluding tert-OH is 3. The average Bonchev–Trinajstić information content (AvgIpc) is 2.51. The third-order valence-corrected chi connectivity index (χ3v) is 2.02. The van der Waals surface area contributed by atoms with E-state index in [0.717, 1.165) is 0 Å². The van der Waals surface area contributed by atoms with Crippen molar-refractivity contribution in [1.29, 1.82) is 0 Å². The van der Waals surface area contributed by atoms with Crippen molar-refractivity contribution in [3.8, 4) is 0 Å². The summed E-state index contributed by atoms with van der Waals surface area (Å²) in [6, 6.07) is 0. The molecule has 92 valence electrons. The van der Waals surface area contributed by atoms with E-state index >= 15 is 0 Å². The molecule has 0 aromatic heterocycles. The van der Waals surface area contributed by atoms with Gasteiger partial charge in [0.05, 0.1) is 13.2 Å². The van der Waals surface area contributed by atoms with Gasteiger partial charge < -0.3 is 24.8 Å². The lowest BCUT2D eigenvalue weighted by Crippen LogP contribution is -2.31. The Morgan fingerprint density at radius 1 is 1.50 bits per heavy atom. The van der Waals surface area contributed by atoms with Crippen LogP contribution >= 0.6 is 0 Å². The van der Waals surface area contributed by atoms with Crippen LogP contribution in [0.4, 0.5) is 0 Å². The van der Waals surface area contributed by atoms with Gasteiger partial charge in [0.1, 0.15) is 6.10 Å². The number of ether oxygens (including phenoxy) is 2. The number of rotatable bonds is 5. The molecule has 0 saturated carbocycles. The summed E-state index contributed by atoms with van der Waals surface area (Å²) in [6.45, 7) is 3.42. The van der Waals surface area contributed by atoms with Crippen LogP contribution in [-0.4, -0.2) is 46.7 Å². The third-order valence-electron chi connectivity index (χ3n) is 2.02. The first-order valence-corrected chi connectivity index (χ1v) is 5.03. The Morgan fingerprint density at radius 2 is 2.12 bits per heavy atom. The van der Waals surface area contributed by atoms with Crippen LogP contribution < -0.4 is 0 Å². The summed E-state index contributed by atoms with van der Waals surface area (Å²) in [5.74, 6) is -1.39. The number of hydrogen-bond acceptors (Lipinski definition) is 6. The van der Waals surface area contributed by atoms with E-state index in [1.807, 2.05) is 13.8 Å². The standard InChI is InChI=1S/C10H16O6/c1-5(2)4-15-9-7(13)8(6(12)3-11)16-10(9)14/h5-6,8,11-13H,3-4H2,1-2H3. The smallest absolute Gasteiger partial charge is 0.378 e. The van der Waals surface area contributed by atoms with E-state index in [0.29, 0.717) is 0 Å². The first-order chi connectivity index (χ1) is 7.47. The van der Waals surface area contributed by atoms with Crippen molar-refractivity contribution in [3.05, 3.63) is 11.5 Å². The van der Waals surface area contributed by atoms with Gasteiger partial charge >= 0.3 is 5.97 Å². The van der Waals surface area contributed by atoms with Crippen molar-refractivity contribution in [2.75, 3.05) is 13.2 Å². The number of carbonyl (C=O) groups is 1. The SMILES string of the molecule is CC(C)COC1=C(O)C(C(O)CO)OC1=O. The van der Waals surface area contributed by atoms with Crippen LogP contribution in [0.5, 0.6) is 0 Å². The van der Waals surface area contributed by atoms with E-state index < -0.39 is 30.5 Å². The maximum Gasteiger partial charge on any atom is 0.378 e. The number of hydrogen-bond donors (Lipinski definition) is 3. The molecule has 1 aliphatic rings. The van der Waals surface area contributed by atoms with Gasteiger partial charge in [-0.05, 0) is 5.92 Å². The Kier molecular flexibility index (Phi) is 4.14. The fourth-order valence-electron chi connectivity index (χ4n) is 1.20. The lowest BCUT2D eigenvalue weighted by atomic mass is 10.2. The molecule has 0 aromatic rings. The first-order valence-electron chi connectivity index (χ1n) is 5.03. The molecule has 16 heavy (non-hydrogen) atoms. The number of aliphatic hydroxyl groups is 3. The molecule has 0 fully saturated rings. The van der Waals surface area contributed by atoms with E-state index in [2.05, 4.69) is 4.74 Å². The normalized spacial score (nSPS) is 22.6. The summed E-state index contributed by atoms with van der Waals surface area (Å²) >= 11 is 0. The minimum absolute atomic E-state index is 0.190. The predicted molar refractivity (Wildman–Crippen MR) is 53.4 cm³/mol. The van der Waals surface area contributed by atoms with Crippen molar-refractivity contribution in [2.24, 2.45) is 5.92 Å². The lowest BCUT2D eigenvalue weighted by molar-refractivity contribution is -0.148. The molecular formula is C10H16O6. The second-order valence-corrected chi connectivity index (χ2v) is 4.00. The highest BCUT2D eigenvalue weighted by Gasteiger charge is 2.40. The number of esters is 1. The second-order valence-electron chi connectivity index (χ2n) is 4.00. The number of cyclic esters (lactones) is 1. The Labute approximate surface area is 93.1 Å². The fourth-order valence-corrected chi connectivity index (χ4v) is 1.20. The topological polar surface area (TPSA) is 96.2 Å². The molecule has 2 atom stereocenters. The molecule has 1 aliphatic heterocycles. The van der Waals surface area contributed by atoms with Crippen molar-refractivity contribution in [2.45, 2.75) is 26.1 Å². The van der Waals surface area contributed by atoms with Crippen molar-refractivity contribution in [1.82, 2.24) is 0 Å². The molecule has 0 aromatic carbocycles. The Hall–Kier alpha value is -1.27. The van der Waals surface area contributed by atoms with Crippen LogP contribution in [0.15, 0.2) is 11.5 Å². The van der Waals surface area contributed by atoms with Gasteiger partial charge in [0, 0.05) is 0 Å². The highest BCUT2D eigenvalue weighted by atomic mass is 16.6. The van der Waals surface area contributed by atoms with E-state index in [1.54, 1.807) is 0 Å². The molecule has 6 nitrogen and oxygen atoms in total. The fraction of sp³-hybridized carbons (Fsp3) is 0.700. The Bertz CT molecular complexity index is 296. The Balaban J connectivity index is 2.73. The molecule has 1 heterocycles. The quantitative estimate of drug-likeness (QED) is 0.563. The molecule has 0 bridgehead atoms. The first kappa shape index (κ1) is 12.8. The monoisotopic (exact) mass is 232 g/mol. The van der Waals surface area contributed by atoms with Gasteiger partial charge in [-0.1, -0.05) is 13.8 Å². The summed E-state index contributed by atoms with van der Waals surface area (Å²) in [6.07, 6.45) is -2.58. The minimum atomic E-state index is -1.34. The van der Waals surface area contributed by atoms with Crippen LogP contribution in [0.25, 0.3) is 0 Å². The second kappa shape index (κ2) is 5.18. The summed E-state index contributed by atoms with van der Waals surface area (Å²) in [7, 11) is 0. The average molecular weight is 232 g/mol. The zero-order chi connectivity index (χ0) is 12.3. The minimum Gasteiger partial charge on any atom is -0.505 e. The number of carbonyl (C=O) groups excluding carboxylic acids is 1. The molecule has 2 unspecified atom stereocenters. The third kappa shape index (κ3) is 2.65. The Morgan fingerprint density at radius 3 is 2.62 bits per heavy atom. The van der Waals surface area contributed by atoms with E-state index in [4.69, 9.17) is 9.84 Å². The van der Waals surface area contributed by atoms with E-state index in [1.165, 1.54) is 0 Å². The van der Waals surface area contributed by atoms with Crippen LogP contribution in [0, 0.1) is 5.92 Å². The van der Waals surface area contributed by atoms with E-state index in [9.17, 15) is 15.0 Å². The van der Waals surface area contributed by atoms with Gasteiger partial charge in [0.15, 0.2) is 11.9 Å². The van der Waals surface area contributed by atoms with E-state index in [-0.39, 0.29) is 18.3 Å². The summed E-state index contributed by atoms with van der Waals surface area (Å²) in [4.78, 5) is 11.3. The van der Waals surface area contributed by atoms with Crippen LogP contribution in [0.1, 0.15) is 13.8 Å². The predicted octanol–water partition coefficient (Wildman–Crippen LogP) is -0.293. The molecule has 6 heteroatoms. The molecule has 0 radical (unpaired) electrons. The summed E-state index contributed by atoms with van der Waals surface area (Å²) in [5.41, 5.74) is 0. The van der Waals surface area contributed by atoms with Crippen LogP contribution in [0.2, 0.25) is 0 Å². The summed E-state index contributed by atoms with van der Waals surface area (Å²) < 4.78 is 9.75. The lowest BCUT2D eigenvalue weighted by Gasteiger charge is -2.13. The zero-order valence-electron chi connectivity index (χ0n) is 9.21. The van der Waals surface area contributed by atoms with Gasteiger partial charge in [-0.25, -0.2) is 4.79 Å². The molecule has 3 N–H and O–H groups in total. The molecular weight excluding hydrogens is 216 g/mol. The largest absolute Gasteiger partial charge is 0.505 e. The van der Waals surface area contributed by atoms with Gasteiger partial charge in [-0.3, -0.25) is 0 Å². The highest BCUT2D eigenvalue weighted by molar-refractivity contribution is 5.89. The summed E-state index contributed by atoms with van der Waals surface area (Å²) in [5, 5.41) is 27.5. The van der Waals surface area contributed by atoms with Gasteiger partial charge in [0.25, 0.3) is 0 Å². The van der Waals surface area contributed by atoms with Gasteiger partial charge in [-0.2, -0.15) is 0 Å². The zero-order valence-corrected chi connectivity index (χ0v) is 9.21. The van der Waals surface area contributed by atoms with Crippen LogP contribution in [-0.2, 0) is 14.3 Å². The molecule has 1 rings (SSSR count). The maximum absolute atomic E-state index is 11.3. The maximum atomic E-state index is 11.3. The highest BCUT2D eigenvalue weighted by Crippen LogP contribution is 2.24. The van der Waals surface area contributed by atoms with Gasteiger partial charge in [-0.15, -0.1) is 0 Å². The van der Waals surface area contributed by atoms with Crippen LogP contribution in [0.3, 0.4) is 0 Å².